The van der Waals surface area contributed by atoms with Crippen molar-refractivity contribution in [3.8, 4) is 5.75 Å². The zero-order valence-corrected chi connectivity index (χ0v) is 13.7. The van der Waals surface area contributed by atoms with Crippen LogP contribution in [0.15, 0.2) is 18.2 Å². The third kappa shape index (κ3) is 5.51. The Morgan fingerprint density at radius 3 is 2.45 bits per heavy atom. The fraction of sp³-hybridized carbons (Fsp3) is 0.647. The monoisotopic (exact) mass is 279 g/mol. The molecule has 0 saturated heterocycles. The number of rotatable bonds is 6. The van der Waals surface area contributed by atoms with Crippen LogP contribution in [0.1, 0.15) is 45.7 Å². The predicted molar refractivity (Wildman–Crippen MR) is 84.5 cm³/mol. The van der Waals surface area contributed by atoms with Gasteiger partial charge in [0.05, 0.1) is 0 Å². The molecule has 0 aliphatic carbocycles. The van der Waals surface area contributed by atoms with E-state index in [1.54, 1.807) is 0 Å². The van der Waals surface area contributed by atoms with Crippen molar-refractivity contribution in [2.24, 2.45) is 0 Å². The zero-order chi connectivity index (χ0) is 15.3. The van der Waals surface area contributed by atoms with Gasteiger partial charge in [0, 0.05) is 12.6 Å². The molecule has 2 N–H and O–H groups in total. The van der Waals surface area contributed by atoms with E-state index in [2.05, 4.69) is 59.0 Å². The highest BCUT2D eigenvalue weighted by atomic mass is 16.5. The Kier molecular flexibility index (Phi) is 6.03. The summed E-state index contributed by atoms with van der Waals surface area (Å²) < 4.78 is 5.85. The molecule has 1 rings (SSSR count). The SMILES string of the molecule is Cc1ccc(C(C)(C)C)c(OCC(O)CNC(C)C)c1. The summed E-state index contributed by atoms with van der Waals surface area (Å²) in [6.45, 7) is 13.5. The van der Waals surface area contributed by atoms with Crippen LogP contribution in [0.25, 0.3) is 0 Å². The van der Waals surface area contributed by atoms with Gasteiger partial charge in [0.1, 0.15) is 18.5 Å². The molecule has 0 aliphatic rings. The molecule has 1 aromatic rings. The first-order valence-electron chi connectivity index (χ1n) is 7.35. The van der Waals surface area contributed by atoms with Crippen molar-refractivity contribution >= 4 is 0 Å². The third-order valence-electron chi connectivity index (χ3n) is 3.14. The third-order valence-corrected chi connectivity index (χ3v) is 3.14. The molecule has 1 aromatic carbocycles. The highest BCUT2D eigenvalue weighted by Crippen LogP contribution is 2.32. The standard InChI is InChI=1S/C17H29NO2/c1-12(2)18-10-14(19)11-20-16-9-13(3)7-8-15(16)17(4,5)6/h7-9,12,14,18-19H,10-11H2,1-6H3. The Morgan fingerprint density at radius 2 is 1.90 bits per heavy atom. The zero-order valence-electron chi connectivity index (χ0n) is 13.7. The summed E-state index contributed by atoms with van der Waals surface area (Å²) >= 11 is 0. The Hall–Kier alpha value is -1.06. The number of benzene rings is 1. The van der Waals surface area contributed by atoms with E-state index in [1.807, 2.05) is 6.07 Å². The van der Waals surface area contributed by atoms with Crippen LogP contribution in [-0.4, -0.2) is 30.4 Å². The topological polar surface area (TPSA) is 41.5 Å². The van der Waals surface area contributed by atoms with Crippen molar-refractivity contribution in [1.29, 1.82) is 0 Å². The number of hydrogen-bond acceptors (Lipinski definition) is 3. The molecule has 0 bridgehead atoms. The van der Waals surface area contributed by atoms with Gasteiger partial charge < -0.3 is 15.2 Å². The summed E-state index contributed by atoms with van der Waals surface area (Å²) in [5.41, 5.74) is 2.37. The van der Waals surface area contributed by atoms with Crippen LogP contribution >= 0.6 is 0 Å². The van der Waals surface area contributed by atoms with Gasteiger partial charge in [-0.3, -0.25) is 0 Å². The van der Waals surface area contributed by atoms with E-state index in [0.717, 1.165) is 5.75 Å². The fourth-order valence-electron chi connectivity index (χ4n) is 1.99. The lowest BCUT2D eigenvalue weighted by Gasteiger charge is -2.24. The lowest BCUT2D eigenvalue weighted by molar-refractivity contribution is 0.103. The van der Waals surface area contributed by atoms with Crippen LogP contribution in [0.4, 0.5) is 0 Å². The summed E-state index contributed by atoms with van der Waals surface area (Å²) in [5, 5.41) is 13.1. The Morgan fingerprint density at radius 1 is 1.25 bits per heavy atom. The largest absolute Gasteiger partial charge is 0.491 e. The molecule has 114 valence electrons. The molecule has 0 heterocycles. The molecule has 0 radical (unpaired) electrons. The van der Waals surface area contributed by atoms with Crippen LogP contribution in [-0.2, 0) is 5.41 Å². The van der Waals surface area contributed by atoms with Gasteiger partial charge in [0.2, 0.25) is 0 Å². The number of nitrogens with one attached hydrogen (secondary N) is 1. The molecule has 0 amide bonds. The van der Waals surface area contributed by atoms with E-state index in [9.17, 15) is 5.11 Å². The molecular weight excluding hydrogens is 250 g/mol. The van der Waals surface area contributed by atoms with Crippen LogP contribution in [0, 0.1) is 6.92 Å². The van der Waals surface area contributed by atoms with Crippen molar-refractivity contribution < 1.29 is 9.84 Å². The van der Waals surface area contributed by atoms with Crippen LogP contribution < -0.4 is 10.1 Å². The summed E-state index contributed by atoms with van der Waals surface area (Å²) in [6.07, 6.45) is -0.495. The molecule has 3 nitrogen and oxygen atoms in total. The minimum absolute atomic E-state index is 0.0319. The molecule has 0 fully saturated rings. The lowest BCUT2D eigenvalue weighted by Crippen LogP contribution is -2.35. The minimum atomic E-state index is -0.495. The van der Waals surface area contributed by atoms with Crippen molar-refractivity contribution in [1.82, 2.24) is 5.32 Å². The number of ether oxygens (including phenoxy) is 1. The van der Waals surface area contributed by atoms with Gasteiger partial charge in [0.15, 0.2) is 0 Å². The van der Waals surface area contributed by atoms with Gasteiger partial charge in [-0.1, -0.05) is 46.8 Å². The number of aryl methyl sites for hydroxylation is 1. The predicted octanol–water partition coefficient (Wildman–Crippen LogP) is 3.03. The number of aliphatic hydroxyl groups is 1. The second kappa shape index (κ2) is 7.09. The van der Waals surface area contributed by atoms with Crippen LogP contribution in [0.3, 0.4) is 0 Å². The van der Waals surface area contributed by atoms with Gasteiger partial charge >= 0.3 is 0 Å². The highest BCUT2D eigenvalue weighted by Gasteiger charge is 2.19. The fourth-order valence-corrected chi connectivity index (χ4v) is 1.99. The first kappa shape index (κ1) is 17.0. The first-order chi connectivity index (χ1) is 9.20. The lowest BCUT2D eigenvalue weighted by atomic mass is 9.86. The molecule has 0 aliphatic heterocycles. The molecular formula is C17H29NO2. The maximum Gasteiger partial charge on any atom is 0.123 e. The molecule has 20 heavy (non-hydrogen) atoms. The van der Waals surface area contributed by atoms with E-state index < -0.39 is 6.10 Å². The van der Waals surface area contributed by atoms with E-state index in [1.165, 1.54) is 11.1 Å². The van der Waals surface area contributed by atoms with Gasteiger partial charge in [-0.2, -0.15) is 0 Å². The summed E-state index contributed by atoms with van der Waals surface area (Å²) in [6, 6.07) is 6.63. The molecule has 1 atom stereocenters. The quantitative estimate of drug-likeness (QED) is 0.841. The van der Waals surface area contributed by atoms with Crippen molar-refractivity contribution in [3.63, 3.8) is 0 Å². The normalized spacial score (nSPS) is 13.6. The maximum absolute atomic E-state index is 9.93. The van der Waals surface area contributed by atoms with Crippen molar-refractivity contribution in [2.75, 3.05) is 13.2 Å². The van der Waals surface area contributed by atoms with Crippen LogP contribution in [0.5, 0.6) is 5.75 Å². The smallest absolute Gasteiger partial charge is 0.123 e. The van der Waals surface area contributed by atoms with E-state index in [4.69, 9.17) is 4.74 Å². The van der Waals surface area contributed by atoms with Crippen molar-refractivity contribution in [2.45, 2.75) is 59.1 Å². The van der Waals surface area contributed by atoms with Gasteiger partial charge in [0.25, 0.3) is 0 Å². The Labute approximate surface area is 123 Å². The molecule has 0 spiro atoms. The molecule has 1 unspecified atom stereocenters. The minimum Gasteiger partial charge on any atom is -0.491 e. The Bertz CT molecular complexity index is 421. The highest BCUT2D eigenvalue weighted by molar-refractivity contribution is 5.41. The van der Waals surface area contributed by atoms with E-state index in [0.29, 0.717) is 19.2 Å². The second-order valence-corrected chi connectivity index (χ2v) is 6.78. The molecule has 3 heteroatoms. The van der Waals surface area contributed by atoms with E-state index >= 15 is 0 Å². The summed E-state index contributed by atoms with van der Waals surface area (Å²) in [7, 11) is 0. The second-order valence-electron chi connectivity index (χ2n) is 6.78. The average Bonchev–Trinajstić information content (AvgIpc) is 2.32. The summed E-state index contributed by atoms with van der Waals surface area (Å²) in [5.74, 6) is 0.876. The average molecular weight is 279 g/mol. The Balaban J connectivity index is 2.69. The van der Waals surface area contributed by atoms with Crippen LogP contribution in [0.2, 0.25) is 0 Å². The van der Waals surface area contributed by atoms with Crippen molar-refractivity contribution in [3.05, 3.63) is 29.3 Å². The van der Waals surface area contributed by atoms with Gasteiger partial charge in [-0.05, 0) is 29.5 Å². The van der Waals surface area contributed by atoms with Gasteiger partial charge in [-0.25, -0.2) is 0 Å². The van der Waals surface area contributed by atoms with Gasteiger partial charge in [-0.15, -0.1) is 0 Å². The first-order valence-corrected chi connectivity index (χ1v) is 7.35. The molecule has 0 aromatic heterocycles. The van der Waals surface area contributed by atoms with E-state index in [-0.39, 0.29) is 5.41 Å². The number of hydrogen-bond donors (Lipinski definition) is 2. The summed E-state index contributed by atoms with van der Waals surface area (Å²) in [4.78, 5) is 0. The maximum atomic E-state index is 9.93. The molecule has 0 saturated carbocycles. The number of aliphatic hydroxyl groups excluding tert-OH is 1.